The minimum Gasteiger partial charge on any atom is -0.489 e. The maximum Gasteiger partial charge on any atom is 0.156 e. The fourth-order valence-electron chi connectivity index (χ4n) is 1.98. The SMILES string of the molecule is COC1CCN(CCOc2cn[nH]c2)CC1. The Morgan fingerprint density at radius 3 is 2.94 bits per heavy atom. The molecule has 0 unspecified atom stereocenters. The van der Waals surface area contributed by atoms with E-state index in [-0.39, 0.29) is 0 Å². The van der Waals surface area contributed by atoms with E-state index in [1.807, 2.05) is 0 Å². The number of H-pyrrole nitrogens is 1. The summed E-state index contributed by atoms with van der Waals surface area (Å²) in [5.41, 5.74) is 0. The highest BCUT2D eigenvalue weighted by molar-refractivity contribution is 5.09. The van der Waals surface area contributed by atoms with Crippen LogP contribution in [0.4, 0.5) is 0 Å². The summed E-state index contributed by atoms with van der Waals surface area (Å²) in [6.45, 7) is 3.90. The van der Waals surface area contributed by atoms with Crippen LogP contribution in [0.3, 0.4) is 0 Å². The van der Waals surface area contributed by atoms with Gasteiger partial charge in [0.15, 0.2) is 5.75 Å². The molecule has 5 nitrogen and oxygen atoms in total. The van der Waals surface area contributed by atoms with Gasteiger partial charge in [0.1, 0.15) is 6.61 Å². The van der Waals surface area contributed by atoms with Crippen LogP contribution in [0, 0.1) is 0 Å². The normalized spacial score (nSPS) is 18.8. The van der Waals surface area contributed by atoms with E-state index in [0.717, 1.165) is 44.8 Å². The Kier molecular flexibility index (Phi) is 4.18. The van der Waals surface area contributed by atoms with Crippen molar-refractivity contribution < 1.29 is 9.47 Å². The highest BCUT2D eigenvalue weighted by Crippen LogP contribution is 2.12. The van der Waals surface area contributed by atoms with Gasteiger partial charge in [-0.3, -0.25) is 10.00 Å². The van der Waals surface area contributed by atoms with Crippen LogP contribution in [-0.2, 0) is 4.74 Å². The first-order valence-corrected chi connectivity index (χ1v) is 5.75. The van der Waals surface area contributed by atoms with Gasteiger partial charge in [0.2, 0.25) is 0 Å². The summed E-state index contributed by atoms with van der Waals surface area (Å²) in [7, 11) is 1.79. The summed E-state index contributed by atoms with van der Waals surface area (Å²) >= 11 is 0. The molecule has 0 aliphatic carbocycles. The van der Waals surface area contributed by atoms with Crippen molar-refractivity contribution in [3.05, 3.63) is 12.4 Å². The maximum absolute atomic E-state index is 5.54. The quantitative estimate of drug-likeness (QED) is 0.809. The van der Waals surface area contributed by atoms with Gasteiger partial charge in [-0.25, -0.2) is 0 Å². The summed E-state index contributed by atoms with van der Waals surface area (Å²) in [4.78, 5) is 2.41. The number of methoxy groups -OCH3 is 1. The fraction of sp³-hybridized carbons (Fsp3) is 0.727. The number of ether oxygens (including phenoxy) is 2. The lowest BCUT2D eigenvalue weighted by Gasteiger charge is -2.30. The van der Waals surface area contributed by atoms with Crippen LogP contribution in [0.2, 0.25) is 0 Å². The van der Waals surface area contributed by atoms with Gasteiger partial charge in [0.25, 0.3) is 0 Å². The molecule has 0 amide bonds. The Balaban J connectivity index is 1.60. The zero-order valence-electron chi connectivity index (χ0n) is 9.69. The zero-order chi connectivity index (χ0) is 11.2. The van der Waals surface area contributed by atoms with Gasteiger partial charge in [-0.2, -0.15) is 5.10 Å². The third-order valence-electron chi connectivity index (χ3n) is 3.02. The van der Waals surface area contributed by atoms with E-state index in [9.17, 15) is 0 Å². The first-order chi connectivity index (χ1) is 7.88. The topological polar surface area (TPSA) is 50.4 Å². The third kappa shape index (κ3) is 3.21. The van der Waals surface area contributed by atoms with E-state index in [2.05, 4.69) is 15.1 Å². The van der Waals surface area contributed by atoms with Crippen molar-refractivity contribution in [3.8, 4) is 5.75 Å². The molecule has 0 aromatic carbocycles. The van der Waals surface area contributed by atoms with Gasteiger partial charge in [-0.1, -0.05) is 0 Å². The summed E-state index contributed by atoms with van der Waals surface area (Å²) in [5, 5.41) is 6.55. The lowest BCUT2D eigenvalue weighted by molar-refractivity contribution is 0.0375. The van der Waals surface area contributed by atoms with Crippen molar-refractivity contribution in [2.45, 2.75) is 18.9 Å². The number of nitrogens with one attached hydrogen (secondary N) is 1. The third-order valence-corrected chi connectivity index (χ3v) is 3.02. The predicted molar refractivity (Wildman–Crippen MR) is 60.6 cm³/mol. The molecule has 1 aliphatic heterocycles. The van der Waals surface area contributed by atoms with E-state index in [0.29, 0.717) is 6.10 Å². The van der Waals surface area contributed by atoms with Crippen molar-refractivity contribution in [3.63, 3.8) is 0 Å². The lowest BCUT2D eigenvalue weighted by Crippen LogP contribution is -2.38. The van der Waals surface area contributed by atoms with Crippen LogP contribution in [0.5, 0.6) is 5.75 Å². The Bertz CT molecular complexity index is 281. The van der Waals surface area contributed by atoms with Gasteiger partial charge in [-0.15, -0.1) is 0 Å². The molecule has 1 saturated heterocycles. The minimum absolute atomic E-state index is 0.450. The van der Waals surface area contributed by atoms with E-state index in [1.165, 1.54) is 0 Å². The lowest BCUT2D eigenvalue weighted by atomic mass is 10.1. The van der Waals surface area contributed by atoms with Crippen LogP contribution in [0.1, 0.15) is 12.8 Å². The van der Waals surface area contributed by atoms with Crippen molar-refractivity contribution in [1.82, 2.24) is 15.1 Å². The summed E-state index contributed by atoms with van der Waals surface area (Å²) in [5.74, 6) is 0.812. The molecule has 1 fully saturated rings. The molecule has 0 bridgehead atoms. The predicted octanol–water partition coefficient (Wildman–Crippen LogP) is 0.899. The van der Waals surface area contributed by atoms with Crippen molar-refractivity contribution in [1.29, 1.82) is 0 Å². The highest BCUT2D eigenvalue weighted by atomic mass is 16.5. The van der Waals surface area contributed by atoms with Crippen LogP contribution in [0.25, 0.3) is 0 Å². The van der Waals surface area contributed by atoms with E-state index < -0.39 is 0 Å². The van der Waals surface area contributed by atoms with Crippen molar-refractivity contribution >= 4 is 0 Å². The standard InChI is InChI=1S/C11H19N3O2/c1-15-10-2-4-14(5-3-10)6-7-16-11-8-12-13-9-11/h8-10H,2-7H2,1H3,(H,12,13). The number of hydrogen-bond acceptors (Lipinski definition) is 4. The molecule has 0 saturated carbocycles. The molecule has 0 atom stereocenters. The monoisotopic (exact) mass is 225 g/mol. The molecular weight excluding hydrogens is 206 g/mol. The molecule has 1 aromatic rings. The molecule has 1 aromatic heterocycles. The molecular formula is C11H19N3O2. The molecule has 2 rings (SSSR count). The minimum atomic E-state index is 0.450. The maximum atomic E-state index is 5.54. The van der Waals surface area contributed by atoms with Gasteiger partial charge in [0.05, 0.1) is 18.5 Å². The fourth-order valence-corrected chi connectivity index (χ4v) is 1.98. The van der Waals surface area contributed by atoms with E-state index in [1.54, 1.807) is 19.5 Å². The molecule has 1 aliphatic rings. The Morgan fingerprint density at radius 1 is 1.50 bits per heavy atom. The number of aromatic nitrogens is 2. The average Bonchev–Trinajstić information content (AvgIpc) is 2.83. The Labute approximate surface area is 95.7 Å². The largest absolute Gasteiger partial charge is 0.489 e. The van der Waals surface area contributed by atoms with Crippen molar-refractivity contribution in [2.24, 2.45) is 0 Å². The number of aromatic amines is 1. The number of nitrogens with zero attached hydrogens (tertiary/aromatic N) is 2. The van der Waals surface area contributed by atoms with Gasteiger partial charge in [0, 0.05) is 26.7 Å². The Morgan fingerprint density at radius 2 is 2.31 bits per heavy atom. The first-order valence-electron chi connectivity index (χ1n) is 5.75. The molecule has 0 spiro atoms. The zero-order valence-corrected chi connectivity index (χ0v) is 9.69. The molecule has 90 valence electrons. The van der Waals surface area contributed by atoms with Gasteiger partial charge >= 0.3 is 0 Å². The second-order valence-corrected chi connectivity index (χ2v) is 4.06. The molecule has 5 heteroatoms. The average molecular weight is 225 g/mol. The second-order valence-electron chi connectivity index (χ2n) is 4.06. The van der Waals surface area contributed by atoms with Crippen LogP contribution >= 0.6 is 0 Å². The number of likely N-dealkylation sites (tertiary alicyclic amines) is 1. The van der Waals surface area contributed by atoms with Crippen LogP contribution < -0.4 is 4.74 Å². The summed E-state index contributed by atoms with van der Waals surface area (Å²) in [6.07, 6.45) is 6.16. The van der Waals surface area contributed by atoms with E-state index >= 15 is 0 Å². The van der Waals surface area contributed by atoms with Gasteiger partial charge in [-0.05, 0) is 12.8 Å². The molecule has 1 N–H and O–H groups in total. The van der Waals surface area contributed by atoms with E-state index in [4.69, 9.17) is 9.47 Å². The molecule has 2 heterocycles. The van der Waals surface area contributed by atoms with Crippen LogP contribution in [0.15, 0.2) is 12.4 Å². The second kappa shape index (κ2) is 5.86. The Hall–Kier alpha value is -1.07. The van der Waals surface area contributed by atoms with Crippen LogP contribution in [-0.4, -0.2) is 54.6 Å². The first kappa shape index (κ1) is 11.4. The number of rotatable bonds is 5. The summed E-state index contributed by atoms with van der Waals surface area (Å²) < 4.78 is 10.9. The molecule has 16 heavy (non-hydrogen) atoms. The van der Waals surface area contributed by atoms with Gasteiger partial charge < -0.3 is 9.47 Å². The smallest absolute Gasteiger partial charge is 0.156 e. The summed E-state index contributed by atoms with van der Waals surface area (Å²) in [6, 6.07) is 0. The molecule has 0 radical (unpaired) electrons. The van der Waals surface area contributed by atoms with Crippen molar-refractivity contribution in [2.75, 3.05) is 33.4 Å². The highest BCUT2D eigenvalue weighted by Gasteiger charge is 2.18. The number of piperidine rings is 1. The number of hydrogen-bond donors (Lipinski definition) is 1.